The van der Waals surface area contributed by atoms with Crippen molar-refractivity contribution in [3.05, 3.63) is 64.3 Å². The molecule has 2 bridgehead atoms. The standard InChI is InChI=1S/C23H23BClN3O/c1-15-2-7-21-19(12-15)20-13-26-10-8-16(9-11-26)23(20)27(21)14-22(29)28(24)18-5-3-17(25)4-6-18/h2-7,12,16H,8-11,13-14H2,1H3. The van der Waals surface area contributed by atoms with Crippen molar-refractivity contribution in [3.8, 4) is 0 Å². The molecule has 0 aliphatic carbocycles. The quantitative estimate of drug-likeness (QED) is 0.606. The number of amides is 1. The molecule has 2 radical (unpaired) electrons. The van der Waals surface area contributed by atoms with E-state index in [2.05, 4.69) is 34.6 Å². The van der Waals surface area contributed by atoms with Gasteiger partial charge >= 0.3 is 0 Å². The number of benzene rings is 2. The number of rotatable bonds is 3. The fourth-order valence-electron chi connectivity index (χ4n) is 4.91. The topological polar surface area (TPSA) is 28.5 Å². The average molecular weight is 404 g/mol. The minimum absolute atomic E-state index is 0.133. The second kappa shape index (κ2) is 7.23. The lowest BCUT2D eigenvalue weighted by atomic mass is 9.94. The Morgan fingerprint density at radius 1 is 1.17 bits per heavy atom. The van der Waals surface area contributed by atoms with Crippen LogP contribution in [-0.2, 0) is 17.9 Å². The maximum atomic E-state index is 13.1. The molecule has 146 valence electrons. The van der Waals surface area contributed by atoms with E-state index < -0.39 is 0 Å². The van der Waals surface area contributed by atoms with E-state index in [0.717, 1.165) is 38.0 Å². The van der Waals surface area contributed by atoms with E-state index in [0.29, 0.717) is 16.6 Å². The largest absolute Gasteiger partial charge is 0.368 e. The van der Waals surface area contributed by atoms with E-state index in [4.69, 9.17) is 19.6 Å². The van der Waals surface area contributed by atoms with Crippen molar-refractivity contribution in [1.29, 1.82) is 0 Å². The third kappa shape index (κ3) is 3.26. The second-order valence-electron chi connectivity index (χ2n) is 8.26. The fraction of sp³-hybridized carbons (Fsp3) is 0.348. The minimum atomic E-state index is -0.133. The van der Waals surface area contributed by atoms with Gasteiger partial charge in [0, 0.05) is 39.8 Å². The summed E-state index contributed by atoms with van der Waals surface area (Å²) in [5.74, 6) is 0.373. The maximum absolute atomic E-state index is 13.1. The molecule has 4 heterocycles. The highest BCUT2D eigenvalue weighted by molar-refractivity contribution is 6.32. The first kappa shape index (κ1) is 18.8. The van der Waals surface area contributed by atoms with Crippen LogP contribution in [0.25, 0.3) is 10.9 Å². The smallest absolute Gasteiger partial charge is 0.238 e. The number of nitrogens with zero attached hydrogens (tertiary/aromatic N) is 3. The normalized spacial score (nSPS) is 20.5. The van der Waals surface area contributed by atoms with Gasteiger partial charge in [-0.3, -0.25) is 9.69 Å². The van der Waals surface area contributed by atoms with E-state index in [1.165, 1.54) is 27.0 Å². The molecule has 2 aromatic carbocycles. The number of piperidine rings is 1. The Hall–Kier alpha value is -2.24. The van der Waals surface area contributed by atoms with Crippen molar-refractivity contribution in [3.63, 3.8) is 0 Å². The molecule has 6 rings (SSSR count). The van der Waals surface area contributed by atoms with Gasteiger partial charge in [0.25, 0.3) is 0 Å². The van der Waals surface area contributed by atoms with E-state index in [-0.39, 0.29) is 12.5 Å². The highest BCUT2D eigenvalue weighted by Crippen LogP contribution is 2.41. The lowest BCUT2D eigenvalue weighted by molar-refractivity contribution is -0.118. The molecule has 0 unspecified atom stereocenters. The lowest BCUT2D eigenvalue weighted by Crippen LogP contribution is -2.32. The van der Waals surface area contributed by atoms with E-state index in [1.54, 1.807) is 24.3 Å². The molecular weight excluding hydrogens is 381 g/mol. The number of halogens is 1. The number of hydrogen-bond donors (Lipinski definition) is 0. The highest BCUT2D eigenvalue weighted by Gasteiger charge is 2.33. The van der Waals surface area contributed by atoms with Crippen molar-refractivity contribution < 1.29 is 4.79 Å². The Morgan fingerprint density at radius 3 is 2.62 bits per heavy atom. The zero-order valence-electron chi connectivity index (χ0n) is 16.6. The van der Waals surface area contributed by atoms with Gasteiger partial charge in [-0.2, -0.15) is 0 Å². The van der Waals surface area contributed by atoms with Crippen LogP contribution in [0.1, 0.15) is 35.6 Å². The summed E-state index contributed by atoms with van der Waals surface area (Å²) in [5.41, 5.74) is 5.75. The summed E-state index contributed by atoms with van der Waals surface area (Å²) >= 11 is 5.97. The van der Waals surface area contributed by atoms with Crippen LogP contribution in [0.3, 0.4) is 0 Å². The molecule has 1 aromatic heterocycles. The van der Waals surface area contributed by atoms with Crippen LogP contribution >= 0.6 is 11.6 Å². The molecule has 3 aliphatic heterocycles. The van der Waals surface area contributed by atoms with Crippen molar-refractivity contribution in [2.75, 3.05) is 17.9 Å². The maximum Gasteiger partial charge on any atom is 0.238 e. The van der Waals surface area contributed by atoms with Gasteiger partial charge in [-0.1, -0.05) is 23.2 Å². The summed E-state index contributed by atoms with van der Waals surface area (Å²) in [6.07, 6.45) is 2.31. The molecule has 3 aromatic rings. The molecular formula is C23H23BClN3O. The molecule has 0 spiro atoms. The summed E-state index contributed by atoms with van der Waals surface area (Å²) in [5, 5.41) is 1.90. The van der Waals surface area contributed by atoms with Gasteiger partial charge < -0.3 is 9.38 Å². The van der Waals surface area contributed by atoms with Gasteiger partial charge in [0.05, 0.1) is 0 Å². The molecule has 1 fully saturated rings. The average Bonchev–Trinajstić information content (AvgIpc) is 2.86. The summed E-state index contributed by atoms with van der Waals surface area (Å²) in [6, 6.07) is 13.6. The van der Waals surface area contributed by atoms with Gasteiger partial charge in [0.15, 0.2) is 0 Å². The number of hydrogen-bond acceptors (Lipinski definition) is 2. The van der Waals surface area contributed by atoms with Crippen molar-refractivity contribution in [1.82, 2.24) is 9.47 Å². The van der Waals surface area contributed by atoms with Crippen LogP contribution < -0.4 is 4.81 Å². The molecule has 3 aliphatic rings. The molecule has 29 heavy (non-hydrogen) atoms. The van der Waals surface area contributed by atoms with Crippen LogP contribution in [0.15, 0.2) is 42.5 Å². The van der Waals surface area contributed by atoms with Crippen molar-refractivity contribution in [2.24, 2.45) is 0 Å². The predicted octanol–water partition coefficient (Wildman–Crippen LogP) is 4.41. The SMILES string of the molecule is [B]N(C(=O)Cn1c2c(c3cc(C)ccc31)CN1CCC2CC1)c1ccc(Cl)cc1. The Labute approximate surface area is 177 Å². The summed E-state index contributed by atoms with van der Waals surface area (Å²) < 4.78 is 2.22. The first-order valence-electron chi connectivity index (χ1n) is 10.2. The molecule has 0 atom stereocenters. The number of fused-ring (bicyclic) bond motifs is 3. The van der Waals surface area contributed by atoms with Gasteiger partial charge in [-0.05, 0) is 74.8 Å². The summed E-state index contributed by atoms with van der Waals surface area (Å²) in [4.78, 5) is 16.9. The number of carbonyl (C=O) groups is 1. The van der Waals surface area contributed by atoms with E-state index >= 15 is 0 Å². The van der Waals surface area contributed by atoms with Crippen LogP contribution in [-0.4, -0.2) is 36.4 Å². The third-order valence-electron chi connectivity index (χ3n) is 6.39. The lowest BCUT2D eigenvalue weighted by Gasteiger charge is -2.28. The van der Waals surface area contributed by atoms with Gasteiger partial charge in [-0.25, -0.2) is 0 Å². The number of aromatic nitrogens is 1. The van der Waals surface area contributed by atoms with E-state index in [1.807, 2.05) is 0 Å². The monoisotopic (exact) mass is 403 g/mol. The van der Waals surface area contributed by atoms with E-state index in [9.17, 15) is 4.79 Å². The van der Waals surface area contributed by atoms with Gasteiger partial charge in [-0.15, -0.1) is 0 Å². The molecule has 0 saturated carbocycles. The van der Waals surface area contributed by atoms with Crippen LogP contribution in [0.2, 0.25) is 5.02 Å². The first-order valence-corrected chi connectivity index (χ1v) is 10.6. The van der Waals surface area contributed by atoms with Crippen molar-refractivity contribution >= 4 is 42.1 Å². The van der Waals surface area contributed by atoms with Crippen LogP contribution in [0.4, 0.5) is 5.69 Å². The van der Waals surface area contributed by atoms with Crippen LogP contribution in [0, 0.1) is 6.92 Å². The van der Waals surface area contributed by atoms with Gasteiger partial charge in [0.2, 0.25) is 13.9 Å². The molecule has 1 amide bonds. The molecule has 4 nitrogen and oxygen atoms in total. The Bertz CT molecular complexity index is 1080. The highest BCUT2D eigenvalue weighted by atomic mass is 35.5. The number of carbonyl (C=O) groups excluding carboxylic acids is 1. The zero-order chi connectivity index (χ0) is 20.1. The molecule has 0 N–H and O–H groups in total. The Kier molecular flexibility index (Phi) is 4.68. The van der Waals surface area contributed by atoms with Crippen molar-refractivity contribution in [2.45, 2.75) is 38.8 Å². The predicted molar refractivity (Wildman–Crippen MR) is 119 cm³/mol. The van der Waals surface area contributed by atoms with Crippen LogP contribution in [0.5, 0.6) is 0 Å². The van der Waals surface area contributed by atoms with Gasteiger partial charge in [0.1, 0.15) is 6.54 Å². The second-order valence-corrected chi connectivity index (χ2v) is 8.70. The number of anilines is 1. The minimum Gasteiger partial charge on any atom is -0.368 e. The summed E-state index contributed by atoms with van der Waals surface area (Å²) in [7, 11) is 6.17. The Morgan fingerprint density at radius 2 is 1.90 bits per heavy atom. The zero-order valence-corrected chi connectivity index (χ0v) is 17.3. The first-order chi connectivity index (χ1) is 14.0. The fourth-order valence-corrected chi connectivity index (χ4v) is 5.03. The molecule has 1 saturated heterocycles. The Balaban J connectivity index is 1.57. The third-order valence-corrected chi connectivity index (χ3v) is 6.64. The number of aryl methyl sites for hydroxylation is 1. The summed E-state index contributed by atoms with van der Waals surface area (Å²) in [6.45, 7) is 5.60. The molecule has 6 heteroatoms.